The molecule has 0 radical (unpaired) electrons. The van der Waals surface area contributed by atoms with E-state index in [1.165, 1.54) is 0 Å². The van der Waals surface area contributed by atoms with Gasteiger partial charge in [-0.3, -0.25) is 4.68 Å². The quantitative estimate of drug-likeness (QED) is 0.567. The number of nitrogen functional groups attached to an aromatic ring is 1. The van der Waals surface area contributed by atoms with Gasteiger partial charge in [0.2, 0.25) is 0 Å². The van der Waals surface area contributed by atoms with Gasteiger partial charge in [-0.15, -0.1) is 0 Å². The summed E-state index contributed by atoms with van der Waals surface area (Å²) in [5.41, 5.74) is 8.83. The minimum Gasteiger partial charge on any atom is -0.444 e. The molecule has 9 nitrogen and oxygen atoms in total. The SMILES string of the molecule is CC(c1ccccc1)n1cc(-c2nn(C3CC4(CCN(C(=O)OC(C)(C)C)C4)C3)c(N)c2C#N)cn1. The first-order chi connectivity index (χ1) is 17.1. The van der Waals surface area contributed by atoms with Gasteiger partial charge in [0.15, 0.2) is 0 Å². The summed E-state index contributed by atoms with van der Waals surface area (Å²) in [5.74, 6) is 0.387. The third kappa shape index (κ3) is 4.32. The highest BCUT2D eigenvalue weighted by Gasteiger charge is 2.51. The molecule has 1 amide bonds. The summed E-state index contributed by atoms with van der Waals surface area (Å²) in [7, 11) is 0. The lowest BCUT2D eigenvalue weighted by Crippen LogP contribution is -2.43. The summed E-state index contributed by atoms with van der Waals surface area (Å²) in [6.45, 7) is 9.11. The summed E-state index contributed by atoms with van der Waals surface area (Å²) in [5, 5.41) is 19.2. The van der Waals surface area contributed by atoms with Crippen LogP contribution in [0.3, 0.4) is 0 Å². The van der Waals surface area contributed by atoms with Crippen LogP contribution in [-0.4, -0.2) is 49.2 Å². The van der Waals surface area contributed by atoms with Crippen molar-refractivity contribution in [1.82, 2.24) is 24.5 Å². The van der Waals surface area contributed by atoms with Gasteiger partial charge in [0.05, 0.1) is 18.3 Å². The second-order valence-electron chi connectivity index (χ2n) is 11.2. The molecule has 36 heavy (non-hydrogen) atoms. The fourth-order valence-corrected chi connectivity index (χ4v) is 5.46. The molecular weight excluding hydrogens is 454 g/mol. The molecule has 3 heterocycles. The third-order valence-electron chi connectivity index (χ3n) is 7.39. The van der Waals surface area contributed by atoms with Crippen LogP contribution in [0.2, 0.25) is 0 Å². The molecule has 1 atom stereocenters. The van der Waals surface area contributed by atoms with Gasteiger partial charge in [-0.05, 0) is 57.9 Å². The summed E-state index contributed by atoms with van der Waals surface area (Å²) >= 11 is 0. The molecule has 9 heteroatoms. The standard InChI is InChI=1S/C27H33N7O2/c1-18(19-8-6-5-7-9-19)33-16-20(15-30-33)23-22(14-28)24(29)34(31-23)21-12-27(13-21)10-11-32(17-27)25(35)36-26(2,3)4/h5-9,15-16,18,21H,10-13,17,29H2,1-4H3. The van der Waals surface area contributed by atoms with E-state index >= 15 is 0 Å². The zero-order chi connectivity index (χ0) is 25.7. The zero-order valence-corrected chi connectivity index (χ0v) is 21.3. The number of aromatic nitrogens is 4. The lowest BCUT2D eigenvalue weighted by Gasteiger charge is -2.45. The second kappa shape index (κ2) is 8.70. The van der Waals surface area contributed by atoms with E-state index in [1.807, 2.05) is 54.7 Å². The molecule has 1 aromatic carbocycles. The molecule has 3 aromatic rings. The first-order valence-electron chi connectivity index (χ1n) is 12.4. The Hall–Kier alpha value is -3.80. The molecule has 1 aliphatic carbocycles. The maximum atomic E-state index is 12.5. The van der Waals surface area contributed by atoms with Crippen LogP contribution in [0.1, 0.15) is 70.2 Å². The van der Waals surface area contributed by atoms with E-state index < -0.39 is 5.60 Å². The Labute approximate surface area is 211 Å². The van der Waals surface area contributed by atoms with Crippen LogP contribution in [0, 0.1) is 16.7 Å². The Kier molecular flexibility index (Phi) is 5.78. The summed E-state index contributed by atoms with van der Waals surface area (Å²) in [6, 6.07) is 12.5. The Morgan fingerprint density at radius 2 is 2.00 bits per heavy atom. The van der Waals surface area contributed by atoms with E-state index in [0.29, 0.717) is 30.2 Å². The maximum absolute atomic E-state index is 12.5. The van der Waals surface area contributed by atoms with E-state index in [4.69, 9.17) is 15.6 Å². The van der Waals surface area contributed by atoms with Crippen LogP contribution in [-0.2, 0) is 4.74 Å². The normalized spacial score (nSPS) is 22.3. The smallest absolute Gasteiger partial charge is 0.410 e. The van der Waals surface area contributed by atoms with Gasteiger partial charge >= 0.3 is 6.09 Å². The molecule has 1 saturated carbocycles. The van der Waals surface area contributed by atoms with E-state index in [0.717, 1.165) is 30.4 Å². The predicted molar refractivity (Wildman–Crippen MR) is 136 cm³/mol. The second-order valence-corrected chi connectivity index (χ2v) is 11.2. The summed E-state index contributed by atoms with van der Waals surface area (Å²) in [6.07, 6.45) is 6.08. The van der Waals surface area contributed by atoms with Crippen molar-refractivity contribution in [2.24, 2.45) is 5.41 Å². The monoisotopic (exact) mass is 487 g/mol. The number of nitrogens with zero attached hydrogens (tertiary/aromatic N) is 6. The molecule has 5 rings (SSSR count). The predicted octanol–water partition coefficient (Wildman–Crippen LogP) is 4.77. The minimum atomic E-state index is -0.505. The number of amides is 1. The third-order valence-corrected chi connectivity index (χ3v) is 7.39. The van der Waals surface area contributed by atoms with Crippen LogP contribution in [0.25, 0.3) is 11.3 Å². The number of hydrogen-bond acceptors (Lipinski definition) is 6. The first kappa shape index (κ1) is 23.9. The molecule has 0 bridgehead atoms. The Morgan fingerprint density at radius 1 is 1.28 bits per heavy atom. The molecule has 2 N–H and O–H groups in total. The Bertz CT molecular complexity index is 1310. The molecule has 2 aromatic heterocycles. The lowest BCUT2D eigenvalue weighted by atomic mass is 9.65. The van der Waals surface area contributed by atoms with Crippen molar-refractivity contribution in [2.45, 2.75) is 64.6 Å². The number of likely N-dealkylation sites (tertiary alicyclic amines) is 1. The number of nitrogens with two attached hydrogens (primary N) is 1. The topological polar surface area (TPSA) is 115 Å². The van der Waals surface area contributed by atoms with Crippen molar-refractivity contribution in [1.29, 1.82) is 5.26 Å². The highest BCUT2D eigenvalue weighted by molar-refractivity contribution is 5.72. The number of ether oxygens (including phenoxy) is 1. The number of nitriles is 1. The highest BCUT2D eigenvalue weighted by atomic mass is 16.6. The van der Waals surface area contributed by atoms with Crippen LogP contribution in [0.15, 0.2) is 42.7 Å². The van der Waals surface area contributed by atoms with Gasteiger partial charge < -0.3 is 15.4 Å². The molecule has 2 fully saturated rings. The van der Waals surface area contributed by atoms with E-state index in [2.05, 4.69) is 30.2 Å². The number of hydrogen-bond donors (Lipinski definition) is 1. The number of carbonyl (C=O) groups is 1. The fourth-order valence-electron chi connectivity index (χ4n) is 5.46. The van der Waals surface area contributed by atoms with Gasteiger partial charge in [-0.1, -0.05) is 30.3 Å². The van der Waals surface area contributed by atoms with Gasteiger partial charge in [0.1, 0.15) is 28.7 Å². The first-order valence-corrected chi connectivity index (χ1v) is 12.4. The lowest BCUT2D eigenvalue weighted by molar-refractivity contribution is 0.0188. The van der Waals surface area contributed by atoms with Crippen molar-refractivity contribution in [3.8, 4) is 17.3 Å². The molecule has 1 spiro atoms. The number of rotatable bonds is 4. The molecule has 188 valence electrons. The highest BCUT2D eigenvalue weighted by Crippen LogP contribution is 2.54. The molecular formula is C27H33N7O2. The van der Waals surface area contributed by atoms with Gasteiger partial charge in [-0.25, -0.2) is 9.48 Å². The average molecular weight is 488 g/mol. The minimum absolute atomic E-state index is 0.0479. The van der Waals surface area contributed by atoms with Crippen molar-refractivity contribution < 1.29 is 9.53 Å². The summed E-state index contributed by atoms with van der Waals surface area (Å²) in [4.78, 5) is 14.3. The van der Waals surface area contributed by atoms with Gasteiger partial charge in [0.25, 0.3) is 0 Å². The van der Waals surface area contributed by atoms with E-state index in [9.17, 15) is 10.1 Å². The molecule has 1 unspecified atom stereocenters. The fraction of sp³-hybridized carbons (Fsp3) is 0.481. The van der Waals surface area contributed by atoms with Gasteiger partial charge in [-0.2, -0.15) is 15.5 Å². The van der Waals surface area contributed by atoms with Crippen molar-refractivity contribution >= 4 is 11.9 Å². The maximum Gasteiger partial charge on any atom is 0.410 e. The summed E-state index contributed by atoms with van der Waals surface area (Å²) < 4.78 is 9.23. The van der Waals surface area contributed by atoms with Crippen LogP contribution < -0.4 is 5.73 Å². The van der Waals surface area contributed by atoms with E-state index in [1.54, 1.807) is 10.9 Å². The number of anilines is 1. The van der Waals surface area contributed by atoms with Crippen LogP contribution in [0.5, 0.6) is 0 Å². The van der Waals surface area contributed by atoms with Gasteiger partial charge in [0, 0.05) is 24.8 Å². The Balaban J connectivity index is 1.31. The number of carbonyl (C=O) groups excluding carboxylic acids is 1. The average Bonchev–Trinajstić information content (AvgIpc) is 3.54. The van der Waals surface area contributed by atoms with Crippen molar-refractivity contribution in [3.63, 3.8) is 0 Å². The molecule has 2 aliphatic rings. The van der Waals surface area contributed by atoms with E-state index in [-0.39, 0.29) is 23.6 Å². The molecule has 1 aliphatic heterocycles. The van der Waals surface area contributed by atoms with Crippen LogP contribution >= 0.6 is 0 Å². The van der Waals surface area contributed by atoms with Crippen molar-refractivity contribution in [2.75, 3.05) is 18.8 Å². The van der Waals surface area contributed by atoms with Crippen LogP contribution in [0.4, 0.5) is 10.6 Å². The molecule has 1 saturated heterocycles. The zero-order valence-electron chi connectivity index (χ0n) is 21.3. The van der Waals surface area contributed by atoms with Crippen molar-refractivity contribution in [3.05, 3.63) is 53.9 Å². The largest absolute Gasteiger partial charge is 0.444 e. The number of benzene rings is 1. The Morgan fingerprint density at radius 3 is 2.67 bits per heavy atom.